The predicted octanol–water partition coefficient (Wildman–Crippen LogP) is 4.22. The molecule has 0 unspecified atom stereocenters. The average Bonchev–Trinajstić information content (AvgIpc) is 3.33. The minimum atomic E-state index is -0.510. The van der Waals surface area contributed by atoms with Gasteiger partial charge in [0.1, 0.15) is 22.9 Å². The lowest BCUT2D eigenvalue weighted by molar-refractivity contribution is 0.0994. The molecule has 4 rings (SSSR count). The van der Waals surface area contributed by atoms with Crippen LogP contribution in [0.15, 0.2) is 51.7 Å². The number of anilines is 1. The Morgan fingerprint density at radius 3 is 2.86 bits per heavy atom. The van der Waals surface area contributed by atoms with Crippen LogP contribution in [0.2, 0.25) is 0 Å². The minimum absolute atomic E-state index is 0.0952. The van der Waals surface area contributed by atoms with E-state index in [1.807, 2.05) is 37.3 Å². The number of ether oxygens (including phenoxy) is 1. The van der Waals surface area contributed by atoms with Crippen molar-refractivity contribution in [3.05, 3.63) is 64.2 Å². The lowest BCUT2D eigenvalue weighted by Crippen LogP contribution is -2.16. The van der Waals surface area contributed by atoms with E-state index >= 15 is 0 Å². The highest BCUT2D eigenvalue weighted by molar-refractivity contribution is 9.10. The van der Waals surface area contributed by atoms with Crippen LogP contribution in [0.1, 0.15) is 21.7 Å². The topological polar surface area (TPSA) is 106 Å². The molecule has 29 heavy (non-hydrogen) atoms. The monoisotopic (exact) mass is 451 g/mol. The van der Waals surface area contributed by atoms with E-state index in [0.29, 0.717) is 21.8 Å². The first-order valence-electron chi connectivity index (χ1n) is 8.51. The number of carbonyl (C=O) groups is 1. The molecule has 0 saturated carbocycles. The fourth-order valence-corrected chi connectivity index (χ4v) is 3.28. The third-order valence-electron chi connectivity index (χ3n) is 4.35. The van der Waals surface area contributed by atoms with Crippen molar-refractivity contribution in [2.75, 3.05) is 12.4 Å². The van der Waals surface area contributed by atoms with Crippen molar-refractivity contribution < 1.29 is 13.9 Å². The second-order valence-corrected chi connectivity index (χ2v) is 6.92. The number of rotatable bonds is 4. The number of aromatic nitrogens is 3. The van der Waals surface area contributed by atoms with E-state index in [-0.39, 0.29) is 17.1 Å². The van der Waals surface area contributed by atoms with Crippen LogP contribution in [0.3, 0.4) is 0 Å². The quantitative estimate of drug-likeness (QED) is 0.497. The molecule has 1 amide bonds. The summed E-state index contributed by atoms with van der Waals surface area (Å²) in [5, 5.41) is 17.3. The molecule has 0 saturated heterocycles. The second-order valence-electron chi connectivity index (χ2n) is 6.14. The molecule has 9 heteroatoms. The molecule has 0 radical (unpaired) electrons. The Labute approximate surface area is 173 Å². The number of nitrogens with zero attached hydrogens (tertiary/aromatic N) is 4. The summed E-state index contributed by atoms with van der Waals surface area (Å²) >= 11 is 3.16. The van der Waals surface area contributed by atoms with Crippen LogP contribution in [0.25, 0.3) is 16.7 Å². The Morgan fingerprint density at radius 1 is 1.34 bits per heavy atom. The summed E-state index contributed by atoms with van der Waals surface area (Å²) < 4.78 is 12.5. The largest absolute Gasteiger partial charge is 0.494 e. The van der Waals surface area contributed by atoms with Crippen LogP contribution in [0.5, 0.6) is 5.75 Å². The van der Waals surface area contributed by atoms with Crippen molar-refractivity contribution >= 4 is 38.6 Å². The number of aryl methyl sites for hydroxylation is 1. The minimum Gasteiger partial charge on any atom is -0.494 e. The zero-order chi connectivity index (χ0) is 20.5. The molecule has 3 aromatic heterocycles. The number of pyridine rings is 1. The van der Waals surface area contributed by atoms with Crippen LogP contribution in [0, 0.1) is 18.3 Å². The van der Waals surface area contributed by atoms with Crippen molar-refractivity contribution in [2.24, 2.45) is 0 Å². The smallest absolute Gasteiger partial charge is 0.292 e. The van der Waals surface area contributed by atoms with Gasteiger partial charge in [-0.15, -0.1) is 0 Å². The number of nitrogens with one attached hydrogen (secondary N) is 1. The van der Waals surface area contributed by atoms with Gasteiger partial charge in [0.15, 0.2) is 22.1 Å². The molecular formula is C20H14BrN5O3. The van der Waals surface area contributed by atoms with Gasteiger partial charge in [-0.25, -0.2) is 4.98 Å². The van der Waals surface area contributed by atoms with Gasteiger partial charge in [0.2, 0.25) is 0 Å². The first-order valence-corrected chi connectivity index (χ1v) is 9.30. The maximum absolute atomic E-state index is 12.5. The SMILES string of the molecule is COc1cccc2c(C)cc(-n3ncc(C#N)c3NC(=O)c3ccc(Br)o3)nc12. The summed E-state index contributed by atoms with van der Waals surface area (Å²) in [4.78, 5) is 17.2. The molecule has 3 heterocycles. The van der Waals surface area contributed by atoms with E-state index in [9.17, 15) is 10.1 Å². The number of para-hydroxylation sites is 1. The van der Waals surface area contributed by atoms with E-state index in [2.05, 4.69) is 31.3 Å². The van der Waals surface area contributed by atoms with Crippen molar-refractivity contribution in [3.63, 3.8) is 0 Å². The summed E-state index contributed by atoms with van der Waals surface area (Å²) in [5.41, 5.74) is 1.81. The Kier molecular flexibility index (Phi) is 4.78. The van der Waals surface area contributed by atoms with Crippen LogP contribution < -0.4 is 10.1 Å². The van der Waals surface area contributed by atoms with Crippen molar-refractivity contribution in [1.29, 1.82) is 5.26 Å². The normalized spacial score (nSPS) is 10.7. The Hall–Kier alpha value is -3.64. The third-order valence-corrected chi connectivity index (χ3v) is 4.78. The number of furan rings is 1. The predicted molar refractivity (Wildman–Crippen MR) is 109 cm³/mol. The number of nitriles is 1. The molecular weight excluding hydrogens is 438 g/mol. The first kappa shape index (κ1) is 18.7. The molecule has 0 fully saturated rings. The van der Waals surface area contributed by atoms with Crippen molar-refractivity contribution in [3.8, 4) is 17.6 Å². The molecule has 4 aromatic rings. The Balaban J connectivity index is 1.83. The summed E-state index contributed by atoms with van der Waals surface area (Å²) in [6.07, 6.45) is 1.37. The number of carbonyl (C=O) groups excluding carboxylic acids is 1. The maximum Gasteiger partial charge on any atom is 0.292 e. The number of hydrogen-bond donors (Lipinski definition) is 1. The lowest BCUT2D eigenvalue weighted by Gasteiger charge is -2.12. The van der Waals surface area contributed by atoms with Gasteiger partial charge in [0.25, 0.3) is 5.91 Å². The molecule has 1 aromatic carbocycles. The Bertz CT molecular complexity index is 1290. The molecule has 0 aliphatic rings. The number of halogens is 1. The lowest BCUT2D eigenvalue weighted by atomic mass is 10.1. The zero-order valence-corrected chi connectivity index (χ0v) is 17.0. The van der Waals surface area contributed by atoms with E-state index < -0.39 is 5.91 Å². The molecule has 0 aliphatic carbocycles. The van der Waals surface area contributed by atoms with E-state index in [0.717, 1.165) is 10.9 Å². The number of hydrogen-bond acceptors (Lipinski definition) is 6. The highest BCUT2D eigenvalue weighted by Gasteiger charge is 2.20. The zero-order valence-electron chi connectivity index (χ0n) is 15.4. The van der Waals surface area contributed by atoms with Gasteiger partial charge in [-0.2, -0.15) is 15.0 Å². The van der Waals surface area contributed by atoms with E-state index in [1.54, 1.807) is 13.2 Å². The van der Waals surface area contributed by atoms with Gasteiger partial charge < -0.3 is 14.5 Å². The third kappa shape index (κ3) is 3.34. The van der Waals surface area contributed by atoms with Crippen molar-refractivity contribution in [2.45, 2.75) is 6.92 Å². The maximum atomic E-state index is 12.5. The molecule has 144 valence electrons. The van der Waals surface area contributed by atoms with E-state index in [1.165, 1.54) is 16.9 Å². The molecule has 8 nitrogen and oxygen atoms in total. The van der Waals surface area contributed by atoms with Crippen LogP contribution in [0.4, 0.5) is 5.82 Å². The summed E-state index contributed by atoms with van der Waals surface area (Å²) in [6.45, 7) is 1.94. The number of fused-ring (bicyclic) bond motifs is 1. The summed E-state index contributed by atoms with van der Waals surface area (Å²) in [7, 11) is 1.58. The van der Waals surface area contributed by atoms with Gasteiger partial charge in [0.05, 0.1) is 13.3 Å². The fraction of sp³-hybridized carbons (Fsp3) is 0.100. The Morgan fingerprint density at radius 2 is 2.17 bits per heavy atom. The number of amides is 1. The summed E-state index contributed by atoms with van der Waals surface area (Å²) in [5.74, 6) is 0.844. The highest BCUT2D eigenvalue weighted by Crippen LogP contribution is 2.29. The molecule has 0 bridgehead atoms. The average molecular weight is 452 g/mol. The number of methoxy groups -OCH3 is 1. The molecule has 0 atom stereocenters. The van der Waals surface area contributed by atoms with Crippen LogP contribution in [-0.4, -0.2) is 27.8 Å². The first-order chi connectivity index (χ1) is 14.0. The van der Waals surface area contributed by atoms with Gasteiger partial charge in [-0.05, 0) is 52.7 Å². The van der Waals surface area contributed by atoms with Crippen molar-refractivity contribution in [1.82, 2.24) is 14.8 Å². The van der Waals surface area contributed by atoms with Gasteiger partial charge in [0, 0.05) is 5.39 Å². The standard InChI is InChI=1S/C20H14BrN5O3/c1-11-8-17(24-18-13(11)4-3-5-14(18)28-2)26-19(12(9-22)10-23-26)25-20(27)15-6-7-16(21)29-15/h3-8,10H,1-2H3,(H,25,27). The van der Waals surface area contributed by atoms with Gasteiger partial charge in [-0.3, -0.25) is 4.79 Å². The van der Waals surface area contributed by atoms with Gasteiger partial charge in [-0.1, -0.05) is 12.1 Å². The van der Waals surface area contributed by atoms with E-state index in [4.69, 9.17) is 9.15 Å². The second kappa shape index (κ2) is 7.41. The van der Waals surface area contributed by atoms with Crippen LogP contribution in [-0.2, 0) is 0 Å². The summed E-state index contributed by atoms with van der Waals surface area (Å²) in [6, 6.07) is 12.7. The molecule has 1 N–H and O–H groups in total. The fourth-order valence-electron chi connectivity index (χ4n) is 2.98. The van der Waals surface area contributed by atoms with Gasteiger partial charge >= 0.3 is 0 Å². The molecule has 0 spiro atoms. The highest BCUT2D eigenvalue weighted by atomic mass is 79.9. The van der Waals surface area contributed by atoms with Crippen LogP contribution >= 0.6 is 15.9 Å². The number of benzene rings is 1. The molecule has 0 aliphatic heterocycles.